The van der Waals surface area contributed by atoms with E-state index in [1.165, 1.54) is 6.07 Å². The number of rotatable bonds is 5. The fourth-order valence-electron chi connectivity index (χ4n) is 4.03. The third-order valence-corrected chi connectivity index (χ3v) is 6.02. The van der Waals surface area contributed by atoms with Crippen molar-refractivity contribution in [3.8, 4) is 11.1 Å². The summed E-state index contributed by atoms with van der Waals surface area (Å²) in [6.45, 7) is 3.53. The highest BCUT2D eigenvalue weighted by Crippen LogP contribution is 2.33. The molecule has 3 aromatic rings. The summed E-state index contributed by atoms with van der Waals surface area (Å²) in [5.41, 5.74) is 4.89. The lowest BCUT2D eigenvalue weighted by atomic mass is 9.92. The molecule has 0 radical (unpaired) electrons. The number of halogens is 2. The van der Waals surface area contributed by atoms with Gasteiger partial charge in [0.05, 0.1) is 0 Å². The van der Waals surface area contributed by atoms with Gasteiger partial charge < -0.3 is 4.74 Å². The summed E-state index contributed by atoms with van der Waals surface area (Å²) in [6, 6.07) is 18.0. The molecule has 1 atom stereocenters. The molecular weight excluding hydrogens is 459 g/mol. The average molecular weight is 479 g/mol. The van der Waals surface area contributed by atoms with Crippen LogP contribution in [-0.2, 0) is 20.7 Å². The van der Waals surface area contributed by atoms with E-state index in [0.717, 1.165) is 22.3 Å². The molecular formula is C27H20Cl2O4. The fraction of sp³-hybridized carbons (Fsp3) is 0.148. The Balaban J connectivity index is 1.56. The van der Waals surface area contributed by atoms with Gasteiger partial charge in [-0.3, -0.25) is 14.4 Å². The molecule has 1 aliphatic heterocycles. The van der Waals surface area contributed by atoms with E-state index >= 15 is 0 Å². The lowest BCUT2D eigenvalue weighted by Crippen LogP contribution is -2.12. The summed E-state index contributed by atoms with van der Waals surface area (Å²) in [6.07, 6.45) is 2.03. The second kappa shape index (κ2) is 9.34. The standard InChI is InChI=1S/C27H20Cl2O4/c1-15-11-17(7-9-21(15)23-6-4-3-5-22(23)16(2)30)8-10-24-26(31)25(27(32)33-24)18-12-19(28)14-20(29)13-18/h3-7,9-14,25H,8H2,1-2H3/b24-10-. The normalized spacial score (nSPS) is 16.8. The van der Waals surface area contributed by atoms with Crippen molar-refractivity contribution >= 4 is 40.7 Å². The number of allylic oxidation sites excluding steroid dienone is 2. The highest BCUT2D eigenvalue weighted by atomic mass is 35.5. The quantitative estimate of drug-likeness (QED) is 0.181. The van der Waals surface area contributed by atoms with Gasteiger partial charge in [0.2, 0.25) is 5.78 Å². The van der Waals surface area contributed by atoms with E-state index in [4.69, 9.17) is 27.9 Å². The minimum absolute atomic E-state index is 0.0101. The average Bonchev–Trinajstić information content (AvgIpc) is 3.04. The van der Waals surface area contributed by atoms with Gasteiger partial charge in [-0.2, -0.15) is 0 Å². The number of Topliss-reactive ketones (excluding diaryl/α,β-unsaturated/α-hetero) is 2. The smallest absolute Gasteiger partial charge is 0.327 e. The molecule has 3 aromatic carbocycles. The Morgan fingerprint density at radius 1 is 0.970 bits per heavy atom. The first-order valence-electron chi connectivity index (χ1n) is 10.4. The maximum atomic E-state index is 12.8. The lowest BCUT2D eigenvalue weighted by Gasteiger charge is -2.11. The molecule has 0 aromatic heterocycles. The fourth-order valence-corrected chi connectivity index (χ4v) is 4.57. The van der Waals surface area contributed by atoms with Crippen LogP contribution in [0.25, 0.3) is 11.1 Å². The van der Waals surface area contributed by atoms with Gasteiger partial charge in [0.25, 0.3) is 0 Å². The van der Waals surface area contributed by atoms with Crippen LogP contribution in [0.3, 0.4) is 0 Å². The molecule has 1 fully saturated rings. The monoisotopic (exact) mass is 478 g/mol. The van der Waals surface area contributed by atoms with E-state index in [1.807, 2.05) is 49.4 Å². The molecule has 166 valence electrons. The van der Waals surface area contributed by atoms with Gasteiger partial charge in [0, 0.05) is 15.6 Å². The van der Waals surface area contributed by atoms with Gasteiger partial charge in [-0.15, -0.1) is 0 Å². The first-order valence-corrected chi connectivity index (χ1v) is 11.1. The second-order valence-electron chi connectivity index (χ2n) is 7.94. The van der Waals surface area contributed by atoms with Crippen molar-refractivity contribution in [2.24, 2.45) is 0 Å². The molecule has 1 heterocycles. The maximum Gasteiger partial charge on any atom is 0.327 e. The number of cyclic esters (lactones) is 1. The van der Waals surface area contributed by atoms with E-state index in [1.54, 1.807) is 25.1 Å². The Bertz CT molecular complexity index is 1300. The molecule has 1 aliphatic rings. The highest BCUT2D eigenvalue weighted by molar-refractivity contribution is 6.35. The van der Waals surface area contributed by atoms with Crippen molar-refractivity contribution in [2.45, 2.75) is 26.2 Å². The Labute approximate surface area is 201 Å². The zero-order valence-corrected chi connectivity index (χ0v) is 19.5. The molecule has 1 saturated heterocycles. The van der Waals surface area contributed by atoms with Crippen molar-refractivity contribution < 1.29 is 19.1 Å². The zero-order chi connectivity index (χ0) is 23.7. The van der Waals surface area contributed by atoms with Gasteiger partial charge in [-0.1, -0.05) is 65.7 Å². The van der Waals surface area contributed by atoms with Gasteiger partial charge in [0.1, 0.15) is 5.92 Å². The molecule has 4 rings (SSSR count). The van der Waals surface area contributed by atoms with Crippen LogP contribution in [0.5, 0.6) is 0 Å². The molecule has 0 amide bonds. The van der Waals surface area contributed by atoms with E-state index in [-0.39, 0.29) is 11.5 Å². The van der Waals surface area contributed by atoms with Gasteiger partial charge in [0.15, 0.2) is 11.5 Å². The minimum Gasteiger partial charge on any atom is -0.422 e. The number of carbonyl (C=O) groups excluding carboxylic acids is 3. The van der Waals surface area contributed by atoms with Crippen LogP contribution in [0.2, 0.25) is 10.0 Å². The van der Waals surface area contributed by atoms with Crippen molar-refractivity contribution in [3.05, 3.63) is 105 Å². The summed E-state index contributed by atoms with van der Waals surface area (Å²) in [4.78, 5) is 37.2. The highest BCUT2D eigenvalue weighted by Gasteiger charge is 2.41. The van der Waals surface area contributed by atoms with E-state index in [0.29, 0.717) is 27.6 Å². The molecule has 0 N–H and O–H groups in total. The molecule has 0 spiro atoms. The molecule has 33 heavy (non-hydrogen) atoms. The van der Waals surface area contributed by atoms with Crippen LogP contribution in [0, 0.1) is 6.92 Å². The number of esters is 1. The molecule has 4 nitrogen and oxygen atoms in total. The number of hydrogen-bond donors (Lipinski definition) is 0. The van der Waals surface area contributed by atoms with Crippen LogP contribution in [-0.4, -0.2) is 17.5 Å². The minimum atomic E-state index is -1.07. The van der Waals surface area contributed by atoms with Crippen molar-refractivity contribution in [1.29, 1.82) is 0 Å². The zero-order valence-electron chi connectivity index (χ0n) is 18.0. The summed E-state index contributed by atoms with van der Waals surface area (Å²) in [5.74, 6) is -2.10. The van der Waals surface area contributed by atoms with Crippen LogP contribution in [0.4, 0.5) is 0 Å². The number of carbonyl (C=O) groups is 3. The van der Waals surface area contributed by atoms with Crippen molar-refractivity contribution in [2.75, 3.05) is 0 Å². The number of ether oxygens (including phenoxy) is 1. The number of hydrogen-bond acceptors (Lipinski definition) is 4. The van der Waals surface area contributed by atoms with Gasteiger partial charge in [-0.25, -0.2) is 0 Å². The van der Waals surface area contributed by atoms with Gasteiger partial charge >= 0.3 is 5.97 Å². The summed E-state index contributed by atoms with van der Waals surface area (Å²) < 4.78 is 5.26. The molecule has 0 saturated carbocycles. The third kappa shape index (κ3) is 4.77. The van der Waals surface area contributed by atoms with Gasteiger partial charge in [-0.05, 0) is 72.4 Å². The summed E-state index contributed by atoms with van der Waals surface area (Å²) >= 11 is 12.0. The van der Waals surface area contributed by atoms with Crippen molar-refractivity contribution in [3.63, 3.8) is 0 Å². The maximum absolute atomic E-state index is 12.8. The first kappa shape index (κ1) is 23.0. The predicted molar refractivity (Wildman–Crippen MR) is 129 cm³/mol. The van der Waals surface area contributed by atoms with Crippen LogP contribution in [0.1, 0.15) is 39.9 Å². The largest absolute Gasteiger partial charge is 0.422 e. The van der Waals surface area contributed by atoms with Crippen LogP contribution >= 0.6 is 23.2 Å². The Morgan fingerprint density at radius 2 is 1.67 bits per heavy atom. The van der Waals surface area contributed by atoms with E-state index in [2.05, 4.69) is 0 Å². The Hall–Kier alpha value is -3.21. The van der Waals surface area contributed by atoms with Crippen LogP contribution in [0.15, 0.2) is 72.5 Å². The van der Waals surface area contributed by atoms with E-state index in [9.17, 15) is 14.4 Å². The molecule has 1 unspecified atom stereocenters. The molecule has 6 heteroatoms. The topological polar surface area (TPSA) is 60.4 Å². The third-order valence-electron chi connectivity index (χ3n) is 5.58. The lowest BCUT2D eigenvalue weighted by molar-refractivity contribution is -0.137. The second-order valence-corrected chi connectivity index (χ2v) is 8.82. The SMILES string of the molecule is CC(=O)c1ccccc1-c1ccc(C/C=C2\OC(=O)C(c3cc(Cl)cc(Cl)c3)C2=O)cc1C. The summed E-state index contributed by atoms with van der Waals surface area (Å²) in [7, 11) is 0. The Morgan fingerprint density at radius 3 is 2.33 bits per heavy atom. The predicted octanol–water partition coefficient (Wildman–Crippen LogP) is 6.51. The summed E-state index contributed by atoms with van der Waals surface area (Å²) in [5, 5.41) is 0.690. The Kier molecular flexibility index (Phi) is 6.50. The molecule has 0 aliphatic carbocycles. The van der Waals surface area contributed by atoms with E-state index < -0.39 is 17.7 Å². The number of aryl methyl sites for hydroxylation is 1. The first-order chi connectivity index (χ1) is 15.7. The number of benzene rings is 3. The molecule has 0 bridgehead atoms. The van der Waals surface area contributed by atoms with Crippen LogP contribution < -0.4 is 0 Å². The van der Waals surface area contributed by atoms with Crippen molar-refractivity contribution in [1.82, 2.24) is 0 Å². The number of ketones is 2.